The topological polar surface area (TPSA) is 104 Å². The average molecular weight is 464 g/mol. The molecule has 0 bridgehead atoms. The summed E-state index contributed by atoms with van der Waals surface area (Å²) in [5, 5.41) is 0. The summed E-state index contributed by atoms with van der Waals surface area (Å²) in [7, 11) is -5.82. The maximum absolute atomic E-state index is 12.9. The zero-order valence-electron chi connectivity index (χ0n) is 17.2. The average Bonchev–Trinajstić information content (AvgIpc) is 2.92. The van der Waals surface area contributed by atoms with Crippen molar-refractivity contribution in [2.45, 2.75) is 41.9 Å². The van der Waals surface area contributed by atoms with Gasteiger partial charge < -0.3 is 4.90 Å². The number of carbonyl (C=O) groups is 1. The first-order chi connectivity index (χ1) is 14.7. The van der Waals surface area contributed by atoms with Gasteiger partial charge >= 0.3 is 0 Å². The van der Waals surface area contributed by atoms with Gasteiger partial charge in [-0.2, -0.15) is 4.31 Å². The molecule has 1 fully saturated rings. The van der Waals surface area contributed by atoms with Gasteiger partial charge in [-0.25, -0.2) is 16.8 Å². The minimum Gasteiger partial charge on any atom is -0.315 e. The van der Waals surface area contributed by atoms with E-state index in [9.17, 15) is 21.6 Å². The quantitative estimate of drug-likeness (QED) is 0.734. The number of fused-ring (bicyclic) bond motifs is 1. The number of nitrogens with one attached hydrogen (secondary N) is 1. The van der Waals surface area contributed by atoms with Crippen LogP contribution >= 0.6 is 0 Å². The maximum Gasteiger partial charge on any atom is 0.261 e. The summed E-state index contributed by atoms with van der Waals surface area (Å²) >= 11 is 0. The molecule has 2 heterocycles. The van der Waals surface area contributed by atoms with Crippen LogP contribution in [0.4, 0.5) is 11.4 Å². The maximum atomic E-state index is 12.9. The standard InChI is InChI=1S/C21H25N3O5S2/c1-23-20-11-10-19(14-16(20)15-21(23)25)30(26,27)22-17-6-8-18(9-7-17)31(28,29)24-12-4-2-3-5-13-24/h6-11,14,22H,2-5,12-13,15H2,1H3. The van der Waals surface area contributed by atoms with Crippen molar-refractivity contribution in [2.24, 2.45) is 0 Å². The molecule has 1 amide bonds. The lowest BCUT2D eigenvalue weighted by Gasteiger charge is -2.20. The van der Waals surface area contributed by atoms with Crippen LogP contribution in [-0.2, 0) is 31.3 Å². The molecule has 31 heavy (non-hydrogen) atoms. The van der Waals surface area contributed by atoms with Crippen LogP contribution in [0.5, 0.6) is 0 Å². The first-order valence-electron chi connectivity index (χ1n) is 10.2. The van der Waals surface area contributed by atoms with Crippen LogP contribution in [0.2, 0.25) is 0 Å². The minimum absolute atomic E-state index is 0.0515. The molecule has 0 aromatic heterocycles. The Kier molecular flexibility index (Phi) is 5.80. The predicted molar refractivity (Wildman–Crippen MR) is 118 cm³/mol. The normalized spacial score (nSPS) is 18.0. The molecule has 2 aromatic rings. The van der Waals surface area contributed by atoms with Gasteiger partial charge in [-0.1, -0.05) is 12.8 Å². The van der Waals surface area contributed by atoms with E-state index in [1.807, 2.05) is 0 Å². The molecule has 0 unspecified atom stereocenters. The van der Waals surface area contributed by atoms with E-state index in [0.29, 0.717) is 24.3 Å². The molecule has 0 spiro atoms. The van der Waals surface area contributed by atoms with Crippen molar-refractivity contribution >= 4 is 37.3 Å². The molecule has 4 rings (SSSR count). The van der Waals surface area contributed by atoms with E-state index in [0.717, 1.165) is 25.7 Å². The lowest BCUT2D eigenvalue weighted by atomic mass is 10.2. The van der Waals surface area contributed by atoms with Crippen LogP contribution in [0.1, 0.15) is 31.2 Å². The SMILES string of the molecule is CN1C(=O)Cc2cc(S(=O)(=O)Nc3ccc(S(=O)(=O)N4CCCCCC4)cc3)ccc21. The fraction of sp³-hybridized carbons (Fsp3) is 0.381. The number of benzene rings is 2. The third-order valence-corrected chi connectivity index (χ3v) is 9.04. The molecule has 2 aliphatic rings. The molecule has 0 aliphatic carbocycles. The molecule has 1 N–H and O–H groups in total. The Balaban J connectivity index is 1.52. The number of hydrogen-bond acceptors (Lipinski definition) is 5. The Morgan fingerprint density at radius 3 is 2.10 bits per heavy atom. The number of anilines is 2. The third kappa shape index (κ3) is 4.32. The summed E-state index contributed by atoms with van der Waals surface area (Å²) in [6, 6.07) is 10.3. The summed E-state index contributed by atoms with van der Waals surface area (Å²) in [5.74, 6) is -0.0845. The van der Waals surface area contributed by atoms with E-state index in [4.69, 9.17) is 0 Å². The van der Waals surface area contributed by atoms with Crippen molar-refractivity contribution < 1.29 is 21.6 Å². The first-order valence-corrected chi connectivity index (χ1v) is 13.1. The highest BCUT2D eigenvalue weighted by molar-refractivity contribution is 7.92. The van der Waals surface area contributed by atoms with Gasteiger partial charge in [-0.15, -0.1) is 0 Å². The van der Waals surface area contributed by atoms with Crippen LogP contribution in [0, 0.1) is 0 Å². The van der Waals surface area contributed by atoms with Crippen molar-refractivity contribution in [3.05, 3.63) is 48.0 Å². The molecule has 8 nitrogen and oxygen atoms in total. The molecule has 166 valence electrons. The Hall–Kier alpha value is -2.43. The smallest absolute Gasteiger partial charge is 0.261 e. The molecular formula is C21H25N3O5S2. The number of sulfonamides is 2. The lowest BCUT2D eigenvalue weighted by molar-refractivity contribution is -0.117. The number of likely N-dealkylation sites (N-methyl/N-ethyl adjacent to an activating group) is 1. The molecule has 0 atom stereocenters. The highest BCUT2D eigenvalue weighted by Crippen LogP contribution is 2.30. The number of rotatable bonds is 5. The van der Waals surface area contributed by atoms with Crippen molar-refractivity contribution in [1.82, 2.24) is 4.31 Å². The zero-order chi connectivity index (χ0) is 22.2. The first kappa shape index (κ1) is 21.8. The Bertz CT molecular complexity index is 1200. The highest BCUT2D eigenvalue weighted by Gasteiger charge is 2.27. The number of hydrogen-bond donors (Lipinski definition) is 1. The Labute approximate surface area is 183 Å². The van der Waals surface area contributed by atoms with Crippen LogP contribution in [0.25, 0.3) is 0 Å². The second kappa shape index (κ2) is 8.25. The van der Waals surface area contributed by atoms with Crippen molar-refractivity contribution in [1.29, 1.82) is 0 Å². The molecule has 2 aliphatic heterocycles. The van der Waals surface area contributed by atoms with E-state index >= 15 is 0 Å². The van der Waals surface area contributed by atoms with Crippen LogP contribution in [-0.4, -0.2) is 47.2 Å². The number of amides is 1. The van der Waals surface area contributed by atoms with Crippen molar-refractivity contribution in [3.63, 3.8) is 0 Å². The Morgan fingerprint density at radius 2 is 1.45 bits per heavy atom. The summed E-state index contributed by atoms with van der Waals surface area (Å²) in [6.07, 6.45) is 3.91. The van der Waals surface area contributed by atoms with Gasteiger partial charge in [0.15, 0.2) is 0 Å². The summed E-state index contributed by atoms with van der Waals surface area (Å²) in [6.45, 7) is 1.01. The van der Waals surface area contributed by atoms with Crippen molar-refractivity contribution in [3.8, 4) is 0 Å². The van der Waals surface area contributed by atoms with Crippen LogP contribution in [0.3, 0.4) is 0 Å². The van der Waals surface area contributed by atoms with E-state index < -0.39 is 20.0 Å². The second-order valence-electron chi connectivity index (χ2n) is 7.87. The zero-order valence-corrected chi connectivity index (χ0v) is 18.9. The molecule has 0 radical (unpaired) electrons. The lowest BCUT2D eigenvalue weighted by Crippen LogP contribution is -2.31. The fourth-order valence-corrected chi connectivity index (χ4v) is 6.58. The van der Waals surface area contributed by atoms with Gasteiger partial charge in [0.2, 0.25) is 15.9 Å². The summed E-state index contributed by atoms with van der Waals surface area (Å²) in [5.41, 5.74) is 1.63. The van der Waals surface area contributed by atoms with Gasteiger partial charge in [-0.3, -0.25) is 9.52 Å². The summed E-state index contributed by atoms with van der Waals surface area (Å²) in [4.78, 5) is 13.5. The van der Waals surface area contributed by atoms with E-state index in [1.165, 1.54) is 45.6 Å². The van der Waals surface area contributed by atoms with E-state index in [2.05, 4.69) is 4.72 Å². The van der Waals surface area contributed by atoms with Crippen molar-refractivity contribution in [2.75, 3.05) is 29.8 Å². The monoisotopic (exact) mass is 463 g/mol. The van der Waals surface area contributed by atoms with Crippen LogP contribution < -0.4 is 9.62 Å². The Morgan fingerprint density at radius 1 is 0.839 bits per heavy atom. The molecular weight excluding hydrogens is 438 g/mol. The fourth-order valence-electron chi connectivity index (χ4n) is 3.95. The number of carbonyl (C=O) groups excluding carboxylic acids is 1. The highest BCUT2D eigenvalue weighted by atomic mass is 32.2. The van der Waals surface area contributed by atoms with Gasteiger partial charge in [-0.05, 0) is 60.9 Å². The largest absolute Gasteiger partial charge is 0.315 e. The van der Waals surface area contributed by atoms with Gasteiger partial charge in [0.1, 0.15) is 0 Å². The van der Waals surface area contributed by atoms with Gasteiger partial charge in [0.25, 0.3) is 10.0 Å². The third-order valence-electron chi connectivity index (χ3n) is 5.75. The predicted octanol–water partition coefficient (Wildman–Crippen LogP) is 2.57. The molecule has 1 saturated heterocycles. The van der Waals surface area contributed by atoms with Gasteiger partial charge in [0.05, 0.1) is 16.2 Å². The summed E-state index contributed by atoms with van der Waals surface area (Å²) < 4.78 is 55.3. The van der Waals surface area contributed by atoms with E-state index in [-0.39, 0.29) is 27.8 Å². The molecule has 10 heteroatoms. The number of nitrogens with zero attached hydrogens (tertiary/aromatic N) is 2. The van der Waals surface area contributed by atoms with Crippen LogP contribution in [0.15, 0.2) is 52.3 Å². The minimum atomic E-state index is -3.88. The van der Waals surface area contributed by atoms with Gasteiger partial charge in [0, 0.05) is 31.5 Å². The molecule has 0 saturated carbocycles. The van der Waals surface area contributed by atoms with E-state index in [1.54, 1.807) is 13.1 Å². The molecule has 2 aromatic carbocycles. The second-order valence-corrected chi connectivity index (χ2v) is 11.5.